The summed E-state index contributed by atoms with van der Waals surface area (Å²) >= 11 is 1.79. The standard InChI is InChI=1S/C9H9S/c1-2-9(10-7-1)6-5-8-3-4-8/h1-2,5-7H,3-4H2. The van der Waals surface area contributed by atoms with Crippen molar-refractivity contribution in [3.8, 4) is 0 Å². The first-order valence-corrected chi connectivity index (χ1v) is 4.39. The van der Waals surface area contributed by atoms with Crippen LogP contribution < -0.4 is 0 Å². The zero-order valence-corrected chi connectivity index (χ0v) is 6.53. The normalized spacial score (nSPS) is 18.4. The third kappa shape index (κ3) is 1.48. The molecule has 10 heavy (non-hydrogen) atoms. The number of allylic oxidation sites excluding steroid dienone is 1. The van der Waals surface area contributed by atoms with E-state index in [0.717, 1.165) is 0 Å². The second-order valence-electron chi connectivity index (χ2n) is 2.51. The molecule has 1 radical (unpaired) electrons. The summed E-state index contributed by atoms with van der Waals surface area (Å²) in [7, 11) is 0. The minimum atomic E-state index is 1.32. The molecule has 51 valence electrons. The van der Waals surface area contributed by atoms with Gasteiger partial charge < -0.3 is 0 Å². The molecule has 0 atom stereocenters. The van der Waals surface area contributed by atoms with Gasteiger partial charge >= 0.3 is 0 Å². The number of hydrogen-bond acceptors (Lipinski definition) is 1. The lowest BCUT2D eigenvalue weighted by molar-refractivity contribution is 1.50. The third-order valence-electron chi connectivity index (χ3n) is 1.57. The Balaban J connectivity index is 2.01. The fourth-order valence-corrected chi connectivity index (χ4v) is 1.44. The van der Waals surface area contributed by atoms with Crippen LogP contribution in [0.1, 0.15) is 17.7 Å². The van der Waals surface area contributed by atoms with Gasteiger partial charge in [-0.15, -0.1) is 11.3 Å². The van der Waals surface area contributed by atoms with Crippen molar-refractivity contribution in [3.63, 3.8) is 0 Å². The molecule has 0 saturated heterocycles. The van der Waals surface area contributed by atoms with Crippen molar-refractivity contribution in [2.75, 3.05) is 0 Å². The first-order chi connectivity index (χ1) is 4.95. The predicted molar refractivity (Wildman–Crippen MR) is 45.8 cm³/mol. The Morgan fingerprint density at radius 3 is 2.80 bits per heavy atom. The van der Waals surface area contributed by atoms with Gasteiger partial charge in [-0.2, -0.15) is 0 Å². The second-order valence-corrected chi connectivity index (χ2v) is 3.49. The Labute approximate surface area is 65.2 Å². The van der Waals surface area contributed by atoms with Gasteiger partial charge in [0, 0.05) is 4.88 Å². The summed E-state index contributed by atoms with van der Waals surface area (Å²) in [6.07, 6.45) is 7.09. The summed E-state index contributed by atoms with van der Waals surface area (Å²) in [5.74, 6) is 1.59. The largest absolute Gasteiger partial charge is 0.144 e. The van der Waals surface area contributed by atoms with Crippen LogP contribution in [0.2, 0.25) is 0 Å². The van der Waals surface area contributed by atoms with E-state index in [-0.39, 0.29) is 0 Å². The van der Waals surface area contributed by atoms with Crippen LogP contribution in [0, 0.1) is 5.92 Å². The molecule has 0 aromatic carbocycles. The van der Waals surface area contributed by atoms with Crippen molar-refractivity contribution < 1.29 is 0 Å². The maximum atomic E-state index is 2.24. The van der Waals surface area contributed by atoms with Gasteiger partial charge in [0.05, 0.1) is 0 Å². The number of thiophene rings is 1. The molecule has 1 aromatic heterocycles. The molecule has 2 rings (SSSR count). The van der Waals surface area contributed by atoms with Crippen molar-refractivity contribution in [2.24, 2.45) is 0 Å². The van der Waals surface area contributed by atoms with Gasteiger partial charge in [-0.3, -0.25) is 0 Å². The van der Waals surface area contributed by atoms with Crippen LogP contribution in [-0.2, 0) is 0 Å². The molecular formula is C9H9S. The molecule has 0 bridgehead atoms. The Morgan fingerprint density at radius 1 is 1.30 bits per heavy atom. The summed E-state index contributed by atoms with van der Waals surface area (Å²) in [6, 6.07) is 4.23. The van der Waals surface area contributed by atoms with Gasteiger partial charge in [-0.05, 0) is 36.3 Å². The Morgan fingerprint density at radius 2 is 2.20 bits per heavy atom. The summed E-state index contributed by atoms with van der Waals surface area (Å²) < 4.78 is 0. The van der Waals surface area contributed by atoms with E-state index in [1.54, 1.807) is 17.3 Å². The van der Waals surface area contributed by atoms with Gasteiger partial charge in [0.1, 0.15) is 0 Å². The number of rotatable bonds is 2. The van der Waals surface area contributed by atoms with Crippen LogP contribution in [0.5, 0.6) is 0 Å². The van der Waals surface area contributed by atoms with Crippen LogP contribution >= 0.6 is 11.3 Å². The molecule has 0 spiro atoms. The van der Waals surface area contributed by atoms with E-state index >= 15 is 0 Å². The highest BCUT2D eigenvalue weighted by Crippen LogP contribution is 2.33. The number of hydrogen-bond donors (Lipinski definition) is 0. The van der Waals surface area contributed by atoms with Crippen LogP contribution in [0.25, 0.3) is 6.08 Å². The van der Waals surface area contributed by atoms with Crippen LogP contribution in [0.15, 0.2) is 23.6 Å². The molecular weight excluding hydrogens is 140 g/mol. The van der Waals surface area contributed by atoms with E-state index < -0.39 is 0 Å². The highest BCUT2D eigenvalue weighted by atomic mass is 32.1. The third-order valence-corrected chi connectivity index (χ3v) is 2.40. The van der Waals surface area contributed by atoms with E-state index in [1.165, 1.54) is 17.7 Å². The van der Waals surface area contributed by atoms with Crippen molar-refractivity contribution in [3.05, 3.63) is 34.4 Å². The molecule has 0 N–H and O–H groups in total. The van der Waals surface area contributed by atoms with Crippen molar-refractivity contribution >= 4 is 17.4 Å². The minimum Gasteiger partial charge on any atom is -0.144 e. The summed E-state index contributed by atoms with van der Waals surface area (Å²) in [5, 5.41) is 2.11. The highest BCUT2D eigenvalue weighted by molar-refractivity contribution is 7.10. The second kappa shape index (κ2) is 2.59. The lowest BCUT2D eigenvalue weighted by atomic mass is 10.3. The van der Waals surface area contributed by atoms with Crippen molar-refractivity contribution in [2.45, 2.75) is 12.8 Å². The van der Waals surface area contributed by atoms with Gasteiger partial charge in [-0.25, -0.2) is 0 Å². The first-order valence-electron chi connectivity index (χ1n) is 3.51. The van der Waals surface area contributed by atoms with E-state index in [4.69, 9.17) is 0 Å². The van der Waals surface area contributed by atoms with Crippen molar-refractivity contribution in [1.82, 2.24) is 0 Å². The molecule has 1 saturated carbocycles. The summed E-state index contributed by atoms with van der Waals surface area (Å²) in [6.45, 7) is 0. The minimum absolute atomic E-state index is 1.32. The van der Waals surface area contributed by atoms with Gasteiger partial charge in [0.15, 0.2) is 0 Å². The van der Waals surface area contributed by atoms with Crippen LogP contribution in [0.4, 0.5) is 0 Å². The molecule has 1 heteroatoms. The smallest absolute Gasteiger partial charge is 0.0267 e. The molecule has 0 amide bonds. The monoisotopic (exact) mass is 149 g/mol. The quantitative estimate of drug-likeness (QED) is 0.606. The molecule has 0 aliphatic heterocycles. The summed E-state index contributed by atoms with van der Waals surface area (Å²) in [4.78, 5) is 1.36. The predicted octanol–water partition coefficient (Wildman–Crippen LogP) is 3.13. The van der Waals surface area contributed by atoms with Gasteiger partial charge in [0.2, 0.25) is 0 Å². The topological polar surface area (TPSA) is 0 Å². The highest BCUT2D eigenvalue weighted by Gasteiger charge is 2.17. The Kier molecular flexibility index (Phi) is 1.60. The van der Waals surface area contributed by atoms with Crippen LogP contribution in [0.3, 0.4) is 0 Å². The average Bonchev–Trinajstić information content (AvgIpc) is 2.63. The Bertz CT molecular complexity index is 217. The molecule has 1 fully saturated rings. The zero-order chi connectivity index (χ0) is 6.81. The molecule has 1 heterocycles. The zero-order valence-electron chi connectivity index (χ0n) is 5.71. The lowest BCUT2D eigenvalue weighted by Crippen LogP contribution is -1.58. The summed E-state index contributed by atoms with van der Waals surface area (Å²) in [5.41, 5.74) is 0. The SMILES string of the molecule is C(=Cc1cccs1)[C]1CC1. The molecule has 1 aliphatic carbocycles. The van der Waals surface area contributed by atoms with Gasteiger partial charge in [-0.1, -0.05) is 12.1 Å². The Hall–Kier alpha value is -0.560. The van der Waals surface area contributed by atoms with E-state index in [2.05, 4.69) is 29.7 Å². The maximum absolute atomic E-state index is 2.24. The molecule has 0 nitrogen and oxygen atoms in total. The molecule has 0 unspecified atom stereocenters. The maximum Gasteiger partial charge on any atom is 0.0267 e. The fourth-order valence-electron chi connectivity index (χ4n) is 0.825. The van der Waals surface area contributed by atoms with Crippen molar-refractivity contribution in [1.29, 1.82) is 0 Å². The lowest BCUT2D eigenvalue weighted by Gasteiger charge is -1.80. The van der Waals surface area contributed by atoms with E-state index in [9.17, 15) is 0 Å². The molecule has 1 aliphatic rings. The average molecular weight is 149 g/mol. The molecule has 1 aromatic rings. The van der Waals surface area contributed by atoms with E-state index in [1.807, 2.05) is 0 Å². The van der Waals surface area contributed by atoms with Gasteiger partial charge in [0.25, 0.3) is 0 Å². The fraction of sp³-hybridized carbons (Fsp3) is 0.222. The first kappa shape index (κ1) is 6.17. The van der Waals surface area contributed by atoms with E-state index in [0.29, 0.717) is 0 Å². The van der Waals surface area contributed by atoms with Crippen LogP contribution in [-0.4, -0.2) is 0 Å².